The van der Waals surface area contributed by atoms with Gasteiger partial charge in [0.1, 0.15) is 0 Å². The monoisotopic (exact) mass is 355 g/mol. The highest BCUT2D eigenvalue weighted by Gasteiger charge is 2.19. The number of β-amino-alcohol motifs (C(OH)–C–C–N with tert-alkyl or cyclic N) is 1. The van der Waals surface area contributed by atoms with E-state index in [4.69, 9.17) is 4.74 Å². The van der Waals surface area contributed by atoms with Crippen LogP contribution in [0.2, 0.25) is 0 Å². The fourth-order valence-corrected chi connectivity index (χ4v) is 3.45. The number of carbonyl (C=O) groups excluding carboxylic acids is 1. The van der Waals surface area contributed by atoms with Crippen LogP contribution in [0.5, 0.6) is 0 Å². The number of carbonyl (C=O) groups is 1. The highest BCUT2D eigenvalue weighted by Crippen LogP contribution is 2.12. The Labute approximate surface area is 155 Å². The van der Waals surface area contributed by atoms with Crippen LogP contribution in [-0.2, 0) is 9.53 Å². The summed E-state index contributed by atoms with van der Waals surface area (Å²) in [4.78, 5) is 13.7. The second-order valence-corrected chi connectivity index (χ2v) is 7.56. The fourth-order valence-electron chi connectivity index (χ4n) is 3.45. The lowest BCUT2D eigenvalue weighted by Gasteiger charge is -2.23. The molecule has 1 heterocycles. The number of amides is 1. The Morgan fingerprint density at radius 3 is 2.28 bits per heavy atom. The molecule has 0 saturated carbocycles. The molecule has 1 saturated heterocycles. The Kier molecular flexibility index (Phi) is 14.0. The maximum Gasteiger partial charge on any atom is 0.222 e. The van der Waals surface area contributed by atoms with E-state index in [1.807, 2.05) is 4.90 Å². The molecule has 148 valence electrons. The van der Waals surface area contributed by atoms with Crippen molar-refractivity contribution < 1.29 is 14.6 Å². The number of hydrogen-bond donors (Lipinski definition) is 1. The van der Waals surface area contributed by atoms with Crippen LogP contribution in [0.15, 0.2) is 0 Å². The van der Waals surface area contributed by atoms with Crippen molar-refractivity contribution in [3.8, 4) is 0 Å². The van der Waals surface area contributed by atoms with Gasteiger partial charge in [-0.15, -0.1) is 0 Å². The van der Waals surface area contributed by atoms with Crippen molar-refractivity contribution in [2.75, 3.05) is 26.3 Å². The molecule has 0 aromatic heterocycles. The lowest BCUT2D eigenvalue weighted by molar-refractivity contribution is -0.132. The minimum absolute atomic E-state index is 0.186. The quantitative estimate of drug-likeness (QED) is 0.434. The Bertz CT molecular complexity index is 322. The van der Waals surface area contributed by atoms with Gasteiger partial charge in [0.25, 0.3) is 0 Å². The summed E-state index contributed by atoms with van der Waals surface area (Å²) in [5.74, 6) is 0.186. The lowest BCUT2D eigenvalue weighted by atomic mass is 10.1. The molecule has 1 rings (SSSR count). The minimum atomic E-state index is -0.551. The summed E-state index contributed by atoms with van der Waals surface area (Å²) in [5, 5.41) is 10.1. The molecular formula is C21H41NO3. The van der Waals surface area contributed by atoms with Crippen LogP contribution in [0.1, 0.15) is 96.8 Å². The van der Waals surface area contributed by atoms with Crippen LogP contribution in [-0.4, -0.2) is 48.3 Å². The Balaban J connectivity index is 1.88. The van der Waals surface area contributed by atoms with Gasteiger partial charge in [-0.25, -0.2) is 0 Å². The van der Waals surface area contributed by atoms with Crippen LogP contribution in [0.25, 0.3) is 0 Å². The fraction of sp³-hybridized carbons (Fsp3) is 0.952. The second-order valence-electron chi connectivity index (χ2n) is 7.56. The average Bonchev–Trinajstić information content (AvgIpc) is 2.80. The molecular weight excluding hydrogens is 314 g/mol. The predicted octanol–water partition coefficient (Wildman–Crippen LogP) is 4.69. The van der Waals surface area contributed by atoms with Gasteiger partial charge in [0.15, 0.2) is 0 Å². The zero-order valence-electron chi connectivity index (χ0n) is 16.5. The van der Waals surface area contributed by atoms with Crippen molar-refractivity contribution in [1.82, 2.24) is 4.90 Å². The van der Waals surface area contributed by atoms with Gasteiger partial charge in [-0.2, -0.15) is 0 Å². The molecule has 1 amide bonds. The average molecular weight is 356 g/mol. The zero-order valence-corrected chi connectivity index (χ0v) is 16.5. The van der Waals surface area contributed by atoms with Crippen molar-refractivity contribution in [1.29, 1.82) is 0 Å². The number of likely N-dealkylation sites (tertiary alicyclic amines) is 1. The summed E-state index contributed by atoms with van der Waals surface area (Å²) in [7, 11) is 0. The number of aliphatic hydroxyl groups is 1. The third-order valence-corrected chi connectivity index (χ3v) is 5.05. The van der Waals surface area contributed by atoms with E-state index in [9.17, 15) is 9.90 Å². The molecule has 1 aliphatic heterocycles. The van der Waals surface area contributed by atoms with Gasteiger partial charge < -0.3 is 14.7 Å². The highest BCUT2D eigenvalue weighted by atomic mass is 16.5. The van der Waals surface area contributed by atoms with Gasteiger partial charge >= 0.3 is 0 Å². The van der Waals surface area contributed by atoms with Crippen molar-refractivity contribution in [3.63, 3.8) is 0 Å². The third kappa shape index (κ3) is 12.4. The topological polar surface area (TPSA) is 49.8 Å². The summed E-state index contributed by atoms with van der Waals surface area (Å²) in [6.07, 6.45) is 16.4. The van der Waals surface area contributed by atoms with E-state index in [2.05, 4.69) is 6.92 Å². The van der Waals surface area contributed by atoms with Crippen LogP contribution >= 0.6 is 0 Å². The van der Waals surface area contributed by atoms with Gasteiger partial charge in [0.05, 0.1) is 12.7 Å². The zero-order chi connectivity index (χ0) is 18.2. The highest BCUT2D eigenvalue weighted by molar-refractivity contribution is 5.76. The molecule has 0 radical (unpaired) electrons. The summed E-state index contributed by atoms with van der Waals surface area (Å²) in [5.41, 5.74) is 0. The number of aliphatic hydroxyl groups excluding tert-OH is 1. The Hall–Kier alpha value is -0.610. The van der Waals surface area contributed by atoms with E-state index < -0.39 is 6.10 Å². The number of unbranched alkanes of at least 4 members (excludes halogenated alkanes) is 9. The first-order valence-corrected chi connectivity index (χ1v) is 10.8. The van der Waals surface area contributed by atoms with E-state index in [0.29, 0.717) is 19.6 Å². The SMILES string of the molecule is CCCCCCCCCCCCOCC(O)CN1CCCCCC1=O. The molecule has 25 heavy (non-hydrogen) atoms. The van der Waals surface area contributed by atoms with Crippen LogP contribution < -0.4 is 0 Å². The number of nitrogens with zero attached hydrogens (tertiary/aromatic N) is 1. The minimum Gasteiger partial charge on any atom is -0.389 e. The van der Waals surface area contributed by atoms with Crippen LogP contribution in [0.3, 0.4) is 0 Å². The molecule has 0 aromatic rings. The van der Waals surface area contributed by atoms with Crippen molar-refractivity contribution in [2.45, 2.75) is 103 Å². The second kappa shape index (κ2) is 15.6. The molecule has 1 N–H and O–H groups in total. The van der Waals surface area contributed by atoms with Gasteiger partial charge in [0, 0.05) is 26.1 Å². The molecule has 0 aliphatic carbocycles. The maximum atomic E-state index is 11.9. The summed E-state index contributed by atoms with van der Waals surface area (Å²) >= 11 is 0. The van der Waals surface area contributed by atoms with E-state index >= 15 is 0 Å². The van der Waals surface area contributed by atoms with E-state index in [0.717, 1.165) is 38.8 Å². The lowest BCUT2D eigenvalue weighted by Crippen LogP contribution is -2.38. The van der Waals surface area contributed by atoms with Gasteiger partial charge in [0.2, 0.25) is 5.91 Å². The molecule has 0 spiro atoms. The van der Waals surface area contributed by atoms with Gasteiger partial charge in [-0.1, -0.05) is 71.1 Å². The smallest absolute Gasteiger partial charge is 0.222 e. The predicted molar refractivity (Wildman–Crippen MR) is 104 cm³/mol. The maximum absolute atomic E-state index is 11.9. The number of hydrogen-bond acceptors (Lipinski definition) is 3. The Morgan fingerprint density at radius 2 is 1.60 bits per heavy atom. The molecule has 1 unspecified atom stereocenters. The molecule has 0 aromatic carbocycles. The molecule has 4 nitrogen and oxygen atoms in total. The first kappa shape index (κ1) is 22.4. The molecule has 1 atom stereocenters. The van der Waals surface area contributed by atoms with E-state index in [-0.39, 0.29) is 5.91 Å². The number of ether oxygens (including phenoxy) is 1. The molecule has 1 aliphatic rings. The van der Waals surface area contributed by atoms with Gasteiger partial charge in [-0.3, -0.25) is 4.79 Å². The first-order valence-electron chi connectivity index (χ1n) is 10.8. The Morgan fingerprint density at radius 1 is 0.960 bits per heavy atom. The van der Waals surface area contributed by atoms with Crippen molar-refractivity contribution in [2.24, 2.45) is 0 Å². The van der Waals surface area contributed by atoms with E-state index in [1.165, 1.54) is 57.8 Å². The summed E-state index contributed by atoms with van der Waals surface area (Å²) in [6.45, 7) is 4.55. The summed E-state index contributed by atoms with van der Waals surface area (Å²) in [6, 6.07) is 0. The standard InChI is InChI=1S/C21H41NO3/c1-2-3-4-5-6-7-8-9-10-14-17-25-19-20(23)18-22-16-13-11-12-15-21(22)24/h20,23H,2-19H2,1H3. The van der Waals surface area contributed by atoms with Gasteiger partial charge in [-0.05, 0) is 19.3 Å². The van der Waals surface area contributed by atoms with Crippen LogP contribution in [0.4, 0.5) is 0 Å². The largest absolute Gasteiger partial charge is 0.389 e. The van der Waals surface area contributed by atoms with Crippen molar-refractivity contribution >= 4 is 5.91 Å². The summed E-state index contributed by atoms with van der Waals surface area (Å²) < 4.78 is 5.59. The third-order valence-electron chi connectivity index (χ3n) is 5.05. The van der Waals surface area contributed by atoms with Crippen molar-refractivity contribution in [3.05, 3.63) is 0 Å². The normalized spacial score (nSPS) is 16.9. The molecule has 0 bridgehead atoms. The molecule has 1 fully saturated rings. The van der Waals surface area contributed by atoms with E-state index in [1.54, 1.807) is 0 Å². The molecule has 4 heteroatoms. The number of rotatable bonds is 15. The first-order chi connectivity index (χ1) is 12.2. The van der Waals surface area contributed by atoms with Crippen LogP contribution in [0, 0.1) is 0 Å².